The first kappa shape index (κ1) is 13.6. The van der Waals surface area contributed by atoms with Crippen molar-refractivity contribution in [3.8, 4) is 0 Å². The summed E-state index contributed by atoms with van der Waals surface area (Å²) in [5.74, 6) is 3.59. The standard InChI is InChI=1S/C13H20N6S/c1-19-12(10-3-2-5-14-9-10)17-18-13(19)20-8-4-11-15-6-7-16-11/h6-7,10,14H,2-5,8-9H2,1H3,(H,15,16)/t10-/m0/s1. The largest absolute Gasteiger partial charge is 0.349 e. The van der Waals surface area contributed by atoms with Crippen LogP contribution in [0.2, 0.25) is 0 Å². The predicted molar refractivity (Wildman–Crippen MR) is 78.9 cm³/mol. The van der Waals surface area contributed by atoms with Crippen molar-refractivity contribution in [1.82, 2.24) is 30.0 Å². The Labute approximate surface area is 122 Å². The minimum Gasteiger partial charge on any atom is -0.349 e. The molecule has 0 radical (unpaired) electrons. The summed E-state index contributed by atoms with van der Waals surface area (Å²) in [5.41, 5.74) is 0. The van der Waals surface area contributed by atoms with Gasteiger partial charge in [0.1, 0.15) is 11.6 Å². The van der Waals surface area contributed by atoms with Crippen molar-refractivity contribution in [3.63, 3.8) is 0 Å². The molecule has 1 atom stereocenters. The van der Waals surface area contributed by atoms with Crippen LogP contribution in [0.5, 0.6) is 0 Å². The van der Waals surface area contributed by atoms with Crippen molar-refractivity contribution in [1.29, 1.82) is 0 Å². The molecule has 0 bridgehead atoms. The molecule has 0 amide bonds. The van der Waals surface area contributed by atoms with Crippen LogP contribution in [-0.2, 0) is 13.5 Å². The van der Waals surface area contributed by atoms with Crippen LogP contribution < -0.4 is 5.32 Å². The Bertz CT molecular complexity index is 529. The molecule has 3 rings (SSSR count). The van der Waals surface area contributed by atoms with E-state index in [9.17, 15) is 0 Å². The van der Waals surface area contributed by atoms with E-state index in [4.69, 9.17) is 0 Å². The zero-order valence-electron chi connectivity index (χ0n) is 11.7. The molecule has 1 aliphatic rings. The fourth-order valence-electron chi connectivity index (χ4n) is 2.55. The van der Waals surface area contributed by atoms with Crippen LogP contribution in [0.3, 0.4) is 0 Å². The molecule has 6 nitrogen and oxygen atoms in total. The van der Waals surface area contributed by atoms with E-state index in [1.165, 1.54) is 12.8 Å². The monoisotopic (exact) mass is 292 g/mol. The molecule has 2 aromatic heterocycles. The highest BCUT2D eigenvalue weighted by Gasteiger charge is 2.21. The summed E-state index contributed by atoms with van der Waals surface area (Å²) < 4.78 is 2.14. The summed E-state index contributed by atoms with van der Waals surface area (Å²) in [7, 11) is 2.07. The van der Waals surface area contributed by atoms with Crippen molar-refractivity contribution < 1.29 is 0 Å². The molecule has 1 fully saturated rings. The Balaban J connectivity index is 1.58. The zero-order valence-corrected chi connectivity index (χ0v) is 12.5. The topological polar surface area (TPSA) is 71.4 Å². The molecule has 0 aliphatic carbocycles. The van der Waals surface area contributed by atoms with Crippen LogP contribution in [0.1, 0.15) is 30.4 Å². The first-order valence-electron chi connectivity index (χ1n) is 7.05. The summed E-state index contributed by atoms with van der Waals surface area (Å²) in [6, 6.07) is 0. The third-order valence-electron chi connectivity index (χ3n) is 3.66. The molecule has 0 spiro atoms. The van der Waals surface area contributed by atoms with Gasteiger partial charge in [0.15, 0.2) is 5.16 Å². The fraction of sp³-hybridized carbons (Fsp3) is 0.615. The van der Waals surface area contributed by atoms with E-state index < -0.39 is 0 Å². The van der Waals surface area contributed by atoms with Gasteiger partial charge < -0.3 is 14.9 Å². The number of aromatic amines is 1. The average Bonchev–Trinajstić information content (AvgIpc) is 3.11. The minimum atomic E-state index is 0.501. The highest BCUT2D eigenvalue weighted by atomic mass is 32.2. The number of hydrogen-bond donors (Lipinski definition) is 2. The molecule has 3 heterocycles. The van der Waals surface area contributed by atoms with E-state index in [0.717, 1.165) is 42.1 Å². The second-order valence-corrected chi connectivity index (χ2v) is 6.14. The lowest BCUT2D eigenvalue weighted by Crippen LogP contribution is -2.29. The van der Waals surface area contributed by atoms with Crippen LogP contribution in [0, 0.1) is 0 Å². The van der Waals surface area contributed by atoms with Crippen LogP contribution in [-0.4, -0.2) is 43.6 Å². The molecule has 0 aromatic carbocycles. The quantitative estimate of drug-likeness (QED) is 0.814. The summed E-state index contributed by atoms with van der Waals surface area (Å²) in [4.78, 5) is 7.35. The van der Waals surface area contributed by atoms with Crippen LogP contribution in [0.4, 0.5) is 0 Å². The third-order valence-corrected chi connectivity index (χ3v) is 4.68. The Hall–Kier alpha value is -1.34. The molecule has 2 aromatic rings. The third kappa shape index (κ3) is 3.04. The van der Waals surface area contributed by atoms with Crippen molar-refractivity contribution in [2.24, 2.45) is 7.05 Å². The van der Waals surface area contributed by atoms with Crippen molar-refractivity contribution in [2.75, 3.05) is 18.8 Å². The predicted octanol–water partition coefficient (Wildman–Crippen LogP) is 1.34. The smallest absolute Gasteiger partial charge is 0.190 e. The highest BCUT2D eigenvalue weighted by molar-refractivity contribution is 7.99. The Morgan fingerprint density at radius 2 is 2.40 bits per heavy atom. The Morgan fingerprint density at radius 1 is 1.45 bits per heavy atom. The van der Waals surface area contributed by atoms with Crippen LogP contribution >= 0.6 is 11.8 Å². The molecule has 1 saturated heterocycles. The summed E-state index contributed by atoms with van der Waals surface area (Å²) in [6.07, 6.45) is 6.99. The average molecular weight is 292 g/mol. The molecule has 108 valence electrons. The van der Waals surface area contributed by atoms with Gasteiger partial charge in [0.2, 0.25) is 0 Å². The van der Waals surface area contributed by atoms with Gasteiger partial charge >= 0.3 is 0 Å². The summed E-state index contributed by atoms with van der Waals surface area (Å²) in [5, 5.41) is 13.1. The van der Waals surface area contributed by atoms with Gasteiger partial charge in [0, 0.05) is 44.1 Å². The van der Waals surface area contributed by atoms with Gasteiger partial charge in [-0.05, 0) is 19.4 Å². The van der Waals surface area contributed by atoms with Crippen LogP contribution in [0.25, 0.3) is 0 Å². The van der Waals surface area contributed by atoms with E-state index in [2.05, 4.69) is 37.1 Å². The fourth-order valence-corrected chi connectivity index (χ4v) is 3.42. The summed E-state index contributed by atoms with van der Waals surface area (Å²) >= 11 is 1.74. The number of nitrogens with one attached hydrogen (secondary N) is 2. The Morgan fingerprint density at radius 3 is 3.15 bits per heavy atom. The lowest BCUT2D eigenvalue weighted by molar-refractivity contribution is 0.436. The van der Waals surface area contributed by atoms with E-state index in [1.807, 2.05) is 6.20 Å². The van der Waals surface area contributed by atoms with Gasteiger partial charge in [0.25, 0.3) is 0 Å². The van der Waals surface area contributed by atoms with Gasteiger partial charge in [-0.2, -0.15) is 0 Å². The van der Waals surface area contributed by atoms with Crippen molar-refractivity contribution in [3.05, 3.63) is 24.0 Å². The van der Waals surface area contributed by atoms with Crippen molar-refractivity contribution in [2.45, 2.75) is 30.3 Å². The number of rotatable bonds is 5. The van der Waals surface area contributed by atoms with Crippen LogP contribution in [0.15, 0.2) is 17.6 Å². The first-order chi connectivity index (χ1) is 9.84. The molecule has 0 saturated carbocycles. The second kappa shape index (κ2) is 6.41. The van der Waals surface area contributed by atoms with Gasteiger partial charge in [-0.25, -0.2) is 4.98 Å². The molecule has 20 heavy (non-hydrogen) atoms. The molecular weight excluding hydrogens is 272 g/mol. The van der Waals surface area contributed by atoms with Crippen molar-refractivity contribution >= 4 is 11.8 Å². The van der Waals surface area contributed by atoms with E-state index in [1.54, 1.807) is 18.0 Å². The van der Waals surface area contributed by atoms with Gasteiger partial charge in [0.05, 0.1) is 0 Å². The molecule has 1 aliphatic heterocycles. The lowest BCUT2D eigenvalue weighted by Gasteiger charge is -2.21. The van der Waals surface area contributed by atoms with E-state index in [0.29, 0.717) is 5.92 Å². The SMILES string of the molecule is Cn1c(SCCc2ncc[nH]2)nnc1[C@H]1CCCNC1. The molecule has 2 N–H and O–H groups in total. The number of hydrogen-bond acceptors (Lipinski definition) is 5. The number of aromatic nitrogens is 5. The number of H-pyrrole nitrogens is 1. The second-order valence-electron chi connectivity index (χ2n) is 5.08. The number of thioether (sulfide) groups is 1. The molecule has 7 heteroatoms. The minimum absolute atomic E-state index is 0.501. The highest BCUT2D eigenvalue weighted by Crippen LogP contribution is 2.24. The number of imidazole rings is 1. The van der Waals surface area contributed by atoms with E-state index in [-0.39, 0.29) is 0 Å². The van der Waals surface area contributed by atoms with Gasteiger partial charge in [-0.15, -0.1) is 10.2 Å². The van der Waals surface area contributed by atoms with Gasteiger partial charge in [-0.1, -0.05) is 11.8 Å². The first-order valence-corrected chi connectivity index (χ1v) is 8.04. The summed E-state index contributed by atoms with van der Waals surface area (Å²) in [6.45, 7) is 2.14. The Kier molecular flexibility index (Phi) is 4.37. The maximum absolute atomic E-state index is 4.38. The normalized spacial score (nSPS) is 19.4. The lowest BCUT2D eigenvalue weighted by atomic mass is 9.99. The molecular formula is C13H20N6S. The van der Waals surface area contributed by atoms with Gasteiger partial charge in [-0.3, -0.25) is 0 Å². The van der Waals surface area contributed by atoms with E-state index >= 15 is 0 Å². The maximum Gasteiger partial charge on any atom is 0.190 e. The zero-order chi connectivity index (χ0) is 13.8. The maximum atomic E-state index is 4.38. The molecule has 0 unspecified atom stereocenters. The number of aryl methyl sites for hydroxylation is 1. The number of nitrogens with zero attached hydrogens (tertiary/aromatic N) is 4. The number of piperidine rings is 1.